The summed E-state index contributed by atoms with van der Waals surface area (Å²) < 4.78 is 0.700. The summed E-state index contributed by atoms with van der Waals surface area (Å²) in [4.78, 5) is 24.0. The lowest BCUT2D eigenvalue weighted by molar-refractivity contribution is 0.0699. The van der Waals surface area contributed by atoms with Crippen molar-refractivity contribution in [1.82, 2.24) is 15.0 Å². The van der Waals surface area contributed by atoms with Crippen molar-refractivity contribution < 1.29 is 9.90 Å². The number of carboxylic acid groups (broad SMARTS) is 1. The van der Waals surface area contributed by atoms with Gasteiger partial charge in [0.25, 0.3) is 0 Å². The maximum Gasteiger partial charge on any atom is 0.336 e. The maximum atomic E-state index is 11.5. The van der Waals surface area contributed by atoms with Crippen molar-refractivity contribution in [2.45, 2.75) is 0 Å². The molecule has 0 bridgehead atoms. The first kappa shape index (κ1) is 12.7. The predicted octanol–water partition coefficient (Wildman–Crippen LogP) is 3.15. The first-order chi connectivity index (χ1) is 9.66. The van der Waals surface area contributed by atoms with E-state index in [0.29, 0.717) is 26.8 Å². The van der Waals surface area contributed by atoms with E-state index in [1.165, 1.54) is 6.07 Å². The van der Waals surface area contributed by atoms with Gasteiger partial charge in [-0.15, -0.1) is 0 Å². The molecule has 0 aliphatic heterocycles. The van der Waals surface area contributed by atoms with E-state index in [0.717, 1.165) is 0 Å². The fourth-order valence-corrected chi connectivity index (χ4v) is 2.54. The second-order valence-electron chi connectivity index (χ2n) is 4.08. The van der Waals surface area contributed by atoms with E-state index in [9.17, 15) is 9.90 Å². The topological polar surface area (TPSA) is 76.0 Å². The Kier molecular flexibility index (Phi) is 3.15. The molecule has 3 aromatic rings. The van der Waals surface area contributed by atoms with Crippen LogP contribution < -0.4 is 0 Å². The van der Waals surface area contributed by atoms with E-state index in [1.54, 1.807) is 30.7 Å². The summed E-state index contributed by atoms with van der Waals surface area (Å²) in [6.45, 7) is 0. The van der Waals surface area contributed by atoms with Crippen LogP contribution >= 0.6 is 15.9 Å². The third-order valence-electron chi connectivity index (χ3n) is 2.84. The number of nitrogens with zero attached hydrogens (tertiary/aromatic N) is 3. The van der Waals surface area contributed by atoms with Gasteiger partial charge in [0.05, 0.1) is 23.0 Å². The minimum absolute atomic E-state index is 0.183. The summed E-state index contributed by atoms with van der Waals surface area (Å²) in [5.74, 6) is -1.01. The van der Waals surface area contributed by atoms with Gasteiger partial charge >= 0.3 is 5.97 Å². The zero-order valence-corrected chi connectivity index (χ0v) is 11.7. The number of carboxylic acids is 1. The molecule has 20 heavy (non-hydrogen) atoms. The van der Waals surface area contributed by atoms with Gasteiger partial charge in [0.2, 0.25) is 0 Å². The van der Waals surface area contributed by atoms with Crippen LogP contribution in [-0.2, 0) is 0 Å². The van der Waals surface area contributed by atoms with Crippen molar-refractivity contribution in [1.29, 1.82) is 0 Å². The Bertz CT molecular complexity index is 806. The van der Waals surface area contributed by atoms with Crippen molar-refractivity contribution in [3.63, 3.8) is 0 Å². The van der Waals surface area contributed by atoms with Crippen LogP contribution in [0.3, 0.4) is 0 Å². The number of pyridine rings is 1. The van der Waals surface area contributed by atoms with Crippen LogP contribution in [0, 0.1) is 0 Å². The normalized spacial score (nSPS) is 10.7. The van der Waals surface area contributed by atoms with Crippen LogP contribution in [0.25, 0.3) is 22.3 Å². The molecule has 0 aliphatic rings. The summed E-state index contributed by atoms with van der Waals surface area (Å²) in [7, 11) is 0. The molecule has 0 fully saturated rings. The maximum absolute atomic E-state index is 11.5. The third-order valence-corrected chi connectivity index (χ3v) is 3.50. The molecule has 0 atom stereocenters. The van der Waals surface area contributed by atoms with Crippen LogP contribution in [-0.4, -0.2) is 26.0 Å². The van der Waals surface area contributed by atoms with E-state index >= 15 is 0 Å². The Labute approximate surface area is 122 Å². The Balaban J connectivity index is 2.35. The molecule has 1 N–H and O–H groups in total. The van der Waals surface area contributed by atoms with Crippen molar-refractivity contribution >= 4 is 32.8 Å². The lowest BCUT2D eigenvalue weighted by Gasteiger charge is -2.07. The standard InChI is InChI=1S/C14H8BrN3O2/c15-9-2-1-3-10-13(9)8(14(19)20)6-11(18-10)12-7-16-4-5-17-12/h1-7H,(H,19,20). The molecule has 0 saturated carbocycles. The Morgan fingerprint density at radius 3 is 2.75 bits per heavy atom. The zero-order chi connectivity index (χ0) is 14.1. The minimum atomic E-state index is -1.01. The summed E-state index contributed by atoms with van der Waals surface area (Å²) >= 11 is 3.37. The van der Waals surface area contributed by atoms with Crippen LogP contribution in [0.2, 0.25) is 0 Å². The van der Waals surface area contributed by atoms with Gasteiger partial charge in [-0.05, 0) is 18.2 Å². The molecule has 2 aromatic heterocycles. The van der Waals surface area contributed by atoms with E-state index in [2.05, 4.69) is 30.9 Å². The second-order valence-corrected chi connectivity index (χ2v) is 4.94. The van der Waals surface area contributed by atoms with Gasteiger partial charge < -0.3 is 5.11 Å². The Morgan fingerprint density at radius 1 is 1.20 bits per heavy atom. The lowest BCUT2D eigenvalue weighted by Crippen LogP contribution is -2.01. The van der Waals surface area contributed by atoms with Gasteiger partial charge in [0.15, 0.2) is 0 Å². The highest BCUT2D eigenvalue weighted by Crippen LogP contribution is 2.29. The van der Waals surface area contributed by atoms with Gasteiger partial charge in [-0.25, -0.2) is 9.78 Å². The molecular weight excluding hydrogens is 322 g/mol. The highest BCUT2D eigenvalue weighted by molar-refractivity contribution is 9.10. The molecule has 0 saturated heterocycles. The van der Waals surface area contributed by atoms with Crippen LogP contribution in [0.4, 0.5) is 0 Å². The number of rotatable bonds is 2. The average Bonchev–Trinajstić information content (AvgIpc) is 2.47. The van der Waals surface area contributed by atoms with Gasteiger partial charge in [0, 0.05) is 22.3 Å². The number of hydrogen-bond donors (Lipinski definition) is 1. The van der Waals surface area contributed by atoms with Crippen molar-refractivity contribution in [2.75, 3.05) is 0 Å². The van der Waals surface area contributed by atoms with Gasteiger partial charge in [-0.2, -0.15) is 0 Å². The van der Waals surface area contributed by atoms with E-state index in [4.69, 9.17) is 0 Å². The third kappa shape index (κ3) is 2.14. The number of aromatic nitrogens is 3. The summed E-state index contributed by atoms with van der Waals surface area (Å²) in [5, 5.41) is 9.97. The zero-order valence-electron chi connectivity index (χ0n) is 10.1. The van der Waals surface area contributed by atoms with Gasteiger partial charge in [-0.1, -0.05) is 22.0 Å². The summed E-state index contributed by atoms with van der Waals surface area (Å²) in [5.41, 5.74) is 1.81. The molecule has 0 amide bonds. The molecule has 6 heteroatoms. The van der Waals surface area contributed by atoms with Crippen molar-refractivity contribution in [2.24, 2.45) is 0 Å². The number of hydrogen-bond acceptors (Lipinski definition) is 4. The molecule has 3 rings (SSSR count). The predicted molar refractivity (Wildman–Crippen MR) is 77.4 cm³/mol. The van der Waals surface area contributed by atoms with Crippen LogP contribution in [0.1, 0.15) is 10.4 Å². The SMILES string of the molecule is O=C(O)c1cc(-c2cnccn2)nc2cccc(Br)c12. The van der Waals surface area contributed by atoms with Crippen LogP contribution in [0.15, 0.2) is 47.3 Å². The smallest absolute Gasteiger partial charge is 0.336 e. The molecule has 1 aromatic carbocycles. The highest BCUT2D eigenvalue weighted by Gasteiger charge is 2.15. The molecule has 98 valence electrons. The largest absolute Gasteiger partial charge is 0.478 e. The van der Waals surface area contributed by atoms with Gasteiger partial charge in [-0.3, -0.25) is 9.97 Å². The fourth-order valence-electron chi connectivity index (χ4n) is 1.97. The first-order valence-corrected chi connectivity index (χ1v) is 6.55. The van der Waals surface area contributed by atoms with Gasteiger partial charge in [0.1, 0.15) is 5.69 Å². The Morgan fingerprint density at radius 2 is 2.05 bits per heavy atom. The molecule has 2 heterocycles. The quantitative estimate of drug-likeness (QED) is 0.781. The average molecular weight is 330 g/mol. The van der Waals surface area contributed by atoms with E-state index in [1.807, 2.05) is 6.07 Å². The molecule has 0 unspecified atom stereocenters. The van der Waals surface area contributed by atoms with Crippen molar-refractivity contribution in [3.05, 3.63) is 52.9 Å². The molecule has 5 nitrogen and oxygen atoms in total. The molecule has 0 spiro atoms. The molecular formula is C14H8BrN3O2. The highest BCUT2D eigenvalue weighted by atomic mass is 79.9. The fraction of sp³-hybridized carbons (Fsp3) is 0. The lowest BCUT2D eigenvalue weighted by atomic mass is 10.1. The number of fused-ring (bicyclic) bond motifs is 1. The first-order valence-electron chi connectivity index (χ1n) is 5.76. The van der Waals surface area contributed by atoms with Crippen LogP contribution in [0.5, 0.6) is 0 Å². The number of carbonyl (C=O) groups is 1. The Hall–Kier alpha value is -2.34. The van der Waals surface area contributed by atoms with E-state index in [-0.39, 0.29) is 5.56 Å². The monoisotopic (exact) mass is 329 g/mol. The molecule has 0 radical (unpaired) electrons. The number of aromatic carboxylic acids is 1. The second kappa shape index (κ2) is 4.97. The molecule has 0 aliphatic carbocycles. The summed E-state index contributed by atoms with van der Waals surface area (Å²) in [6, 6.07) is 6.88. The summed E-state index contributed by atoms with van der Waals surface area (Å²) in [6.07, 6.45) is 4.65. The number of halogens is 1. The minimum Gasteiger partial charge on any atom is -0.478 e. The van der Waals surface area contributed by atoms with E-state index < -0.39 is 5.97 Å². The number of benzene rings is 1. The van der Waals surface area contributed by atoms with Crippen molar-refractivity contribution in [3.8, 4) is 11.4 Å².